The molecular weight excluding hydrogens is 314 g/mol. The maximum absolute atomic E-state index is 5.58. The van der Waals surface area contributed by atoms with E-state index in [9.17, 15) is 0 Å². The van der Waals surface area contributed by atoms with E-state index in [4.69, 9.17) is 4.52 Å². The van der Waals surface area contributed by atoms with Crippen molar-refractivity contribution in [1.82, 2.24) is 20.0 Å². The Labute approximate surface area is 148 Å². The Morgan fingerprint density at radius 1 is 1.12 bits per heavy atom. The molecule has 1 aliphatic carbocycles. The minimum atomic E-state index is 0.733. The summed E-state index contributed by atoms with van der Waals surface area (Å²) in [6, 6.07) is 0. The minimum Gasteiger partial charge on any atom is -0.361 e. The highest BCUT2D eigenvalue weighted by atomic mass is 16.5. The van der Waals surface area contributed by atoms with Crippen LogP contribution in [0, 0.1) is 18.8 Å². The van der Waals surface area contributed by atoms with Crippen molar-refractivity contribution in [3.8, 4) is 0 Å². The topological polar surface area (TPSA) is 58.3 Å². The summed E-state index contributed by atoms with van der Waals surface area (Å²) in [5, 5.41) is 4.39. The van der Waals surface area contributed by atoms with Crippen molar-refractivity contribution in [3.05, 3.63) is 35.1 Å². The van der Waals surface area contributed by atoms with Crippen LogP contribution in [0.15, 0.2) is 17.0 Å². The SMILES string of the molecule is Cc1cncnc1N1CC2CN(Cc3noc4c3CCCC4)CC2C1. The first-order valence-corrected chi connectivity index (χ1v) is 9.48. The predicted molar refractivity (Wildman–Crippen MR) is 94.4 cm³/mol. The van der Waals surface area contributed by atoms with E-state index in [-0.39, 0.29) is 0 Å². The normalized spacial score (nSPS) is 26.0. The van der Waals surface area contributed by atoms with Crippen molar-refractivity contribution in [3.63, 3.8) is 0 Å². The van der Waals surface area contributed by atoms with Crippen LogP contribution < -0.4 is 4.90 Å². The molecule has 2 saturated heterocycles. The zero-order chi connectivity index (χ0) is 16.8. The smallest absolute Gasteiger partial charge is 0.140 e. The van der Waals surface area contributed by atoms with Crippen LogP contribution in [-0.2, 0) is 19.4 Å². The van der Waals surface area contributed by atoms with Gasteiger partial charge in [-0.15, -0.1) is 0 Å². The molecule has 4 heterocycles. The maximum atomic E-state index is 5.58. The summed E-state index contributed by atoms with van der Waals surface area (Å²) in [5.74, 6) is 3.72. The van der Waals surface area contributed by atoms with E-state index in [1.165, 1.54) is 29.7 Å². The van der Waals surface area contributed by atoms with Crippen LogP contribution in [0.2, 0.25) is 0 Å². The number of rotatable bonds is 3. The Morgan fingerprint density at radius 3 is 2.72 bits per heavy atom. The van der Waals surface area contributed by atoms with Gasteiger partial charge in [0.25, 0.3) is 0 Å². The number of aromatic nitrogens is 3. The molecule has 2 aromatic rings. The molecule has 0 aromatic carbocycles. The third-order valence-corrected chi connectivity index (χ3v) is 6.13. The number of aryl methyl sites for hydroxylation is 2. The number of nitrogens with zero attached hydrogens (tertiary/aromatic N) is 5. The van der Waals surface area contributed by atoms with Crippen LogP contribution in [-0.4, -0.2) is 46.2 Å². The second-order valence-electron chi connectivity index (χ2n) is 7.89. The molecule has 25 heavy (non-hydrogen) atoms. The van der Waals surface area contributed by atoms with Crippen molar-refractivity contribution < 1.29 is 4.52 Å². The van der Waals surface area contributed by atoms with E-state index in [1.807, 2.05) is 6.20 Å². The van der Waals surface area contributed by atoms with E-state index in [1.54, 1.807) is 6.33 Å². The van der Waals surface area contributed by atoms with Crippen LogP contribution in [0.3, 0.4) is 0 Å². The number of hydrogen-bond acceptors (Lipinski definition) is 6. The molecule has 0 N–H and O–H groups in total. The summed E-state index contributed by atoms with van der Waals surface area (Å²) in [6.07, 6.45) is 8.32. The molecule has 132 valence electrons. The third-order valence-electron chi connectivity index (χ3n) is 6.13. The van der Waals surface area contributed by atoms with Crippen LogP contribution in [0.25, 0.3) is 0 Å². The van der Waals surface area contributed by atoms with Gasteiger partial charge in [0.1, 0.15) is 23.6 Å². The van der Waals surface area contributed by atoms with Crippen molar-refractivity contribution in [2.45, 2.75) is 39.2 Å². The molecule has 5 rings (SSSR count). The van der Waals surface area contributed by atoms with Gasteiger partial charge in [0.2, 0.25) is 0 Å². The molecule has 2 atom stereocenters. The lowest BCUT2D eigenvalue weighted by atomic mass is 9.96. The van der Waals surface area contributed by atoms with Gasteiger partial charge in [0, 0.05) is 56.5 Å². The molecule has 0 amide bonds. The summed E-state index contributed by atoms with van der Waals surface area (Å²) in [4.78, 5) is 13.6. The highest BCUT2D eigenvalue weighted by molar-refractivity contribution is 5.46. The first kappa shape index (κ1) is 15.3. The van der Waals surface area contributed by atoms with Gasteiger partial charge < -0.3 is 9.42 Å². The van der Waals surface area contributed by atoms with E-state index in [0.717, 1.165) is 69.0 Å². The summed E-state index contributed by atoms with van der Waals surface area (Å²) in [7, 11) is 0. The largest absolute Gasteiger partial charge is 0.361 e. The zero-order valence-electron chi connectivity index (χ0n) is 14.8. The van der Waals surface area contributed by atoms with Gasteiger partial charge in [-0.25, -0.2) is 9.97 Å². The average molecular weight is 339 g/mol. The molecule has 0 spiro atoms. The maximum Gasteiger partial charge on any atom is 0.140 e. The lowest BCUT2D eigenvalue weighted by Crippen LogP contribution is -2.29. The minimum absolute atomic E-state index is 0.733. The number of likely N-dealkylation sites (tertiary alicyclic amines) is 1. The molecule has 6 nitrogen and oxygen atoms in total. The van der Waals surface area contributed by atoms with Crippen LogP contribution in [0.5, 0.6) is 0 Å². The first-order valence-electron chi connectivity index (χ1n) is 9.48. The van der Waals surface area contributed by atoms with Crippen molar-refractivity contribution >= 4 is 5.82 Å². The Hall–Kier alpha value is -1.95. The fraction of sp³-hybridized carbons (Fsp3) is 0.632. The van der Waals surface area contributed by atoms with Gasteiger partial charge in [-0.2, -0.15) is 0 Å². The van der Waals surface area contributed by atoms with Crippen LogP contribution in [0.4, 0.5) is 5.82 Å². The molecule has 2 fully saturated rings. The monoisotopic (exact) mass is 339 g/mol. The highest BCUT2D eigenvalue weighted by Crippen LogP contribution is 2.35. The molecule has 2 aromatic heterocycles. The second kappa shape index (κ2) is 6.09. The summed E-state index contributed by atoms with van der Waals surface area (Å²) in [5.41, 5.74) is 3.77. The van der Waals surface area contributed by atoms with Gasteiger partial charge in [0.05, 0.1) is 0 Å². The number of anilines is 1. The molecule has 6 heteroatoms. The molecule has 0 radical (unpaired) electrons. The Kier molecular flexibility index (Phi) is 3.73. The Morgan fingerprint density at radius 2 is 1.92 bits per heavy atom. The lowest BCUT2D eigenvalue weighted by molar-refractivity contribution is 0.293. The number of hydrogen-bond donors (Lipinski definition) is 0. The van der Waals surface area contributed by atoms with Crippen LogP contribution >= 0.6 is 0 Å². The first-order chi connectivity index (χ1) is 12.3. The van der Waals surface area contributed by atoms with E-state index in [0.29, 0.717) is 0 Å². The average Bonchev–Trinajstić information content (AvgIpc) is 3.29. The highest BCUT2D eigenvalue weighted by Gasteiger charge is 2.41. The summed E-state index contributed by atoms with van der Waals surface area (Å²) in [6.45, 7) is 7.59. The molecule has 2 aliphatic heterocycles. The van der Waals surface area contributed by atoms with Gasteiger partial charge >= 0.3 is 0 Å². The van der Waals surface area contributed by atoms with Gasteiger partial charge in [-0.3, -0.25) is 4.90 Å². The molecule has 0 saturated carbocycles. The lowest BCUT2D eigenvalue weighted by Gasteiger charge is -2.23. The van der Waals surface area contributed by atoms with E-state index >= 15 is 0 Å². The molecular formula is C19H25N5O. The van der Waals surface area contributed by atoms with E-state index < -0.39 is 0 Å². The quantitative estimate of drug-likeness (QED) is 0.855. The van der Waals surface area contributed by atoms with Crippen molar-refractivity contribution in [2.75, 3.05) is 31.1 Å². The zero-order valence-corrected chi connectivity index (χ0v) is 14.8. The summed E-state index contributed by atoms with van der Waals surface area (Å²) < 4.78 is 5.58. The molecule has 0 bridgehead atoms. The van der Waals surface area contributed by atoms with Crippen molar-refractivity contribution in [2.24, 2.45) is 11.8 Å². The standard InChI is InChI=1S/C19H25N5O/c1-13-6-20-12-21-19(13)24-9-14-7-23(8-15(14)10-24)11-17-16-4-2-3-5-18(16)25-22-17/h6,12,14-15H,2-5,7-11H2,1H3. The fourth-order valence-corrected chi connectivity index (χ4v) is 4.90. The fourth-order valence-electron chi connectivity index (χ4n) is 4.90. The van der Waals surface area contributed by atoms with Gasteiger partial charge in [-0.05, 0) is 38.0 Å². The second-order valence-corrected chi connectivity index (χ2v) is 7.89. The van der Waals surface area contributed by atoms with Gasteiger partial charge in [0.15, 0.2) is 0 Å². The molecule has 2 unspecified atom stereocenters. The third kappa shape index (κ3) is 2.72. The summed E-state index contributed by atoms with van der Waals surface area (Å²) >= 11 is 0. The molecule has 3 aliphatic rings. The van der Waals surface area contributed by atoms with Crippen LogP contribution in [0.1, 0.15) is 35.4 Å². The Bertz CT molecular complexity index is 759. The van der Waals surface area contributed by atoms with Gasteiger partial charge in [-0.1, -0.05) is 5.16 Å². The van der Waals surface area contributed by atoms with Crippen molar-refractivity contribution in [1.29, 1.82) is 0 Å². The Balaban J connectivity index is 1.24. The number of fused-ring (bicyclic) bond motifs is 2. The predicted octanol–water partition coefficient (Wildman–Crippen LogP) is 2.22. The van der Waals surface area contributed by atoms with E-state index in [2.05, 4.69) is 31.8 Å².